The van der Waals surface area contributed by atoms with Crippen molar-refractivity contribution in [3.63, 3.8) is 0 Å². The summed E-state index contributed by atoms with van der Waals surface area (Å²) >= 11 is 0. The molecule has 2 N–H and O–H groups in total. The quantitative estimate of drug-likeness (QED) is 0.824. The number of benzene rings is 2. The first-order chi connectivity index (χ1) is 12.3. The first-order valence-corrected chi connectivity index (χ1v) is 7.63. The van der Waals surface area contributed by atoms with Crippen LogP contribution in [0.15, 0.2) is 48.5 Å². The number of anilines is 1. The molecule has 0 saturated heterocycles. The van der Waals surface area contributed by atoms with E-state index in [1.807, 2.05) is 0 Å². The summed E-state index contributed by atoms with van der Waals surface area (Å²) in [5, 5.41) is 4.43. The van der Waals surface area contributed by atoms with E-state index >= 15 is 0 Å². The largest absolute Gasteiger partial charge is 0.405 e. The maximum atomic E-state index is 12.2. The molecule has 0 heterocycles. The molecule has 8 heteroatoms. The highest BCUT2D eigenvalue weighted by atomic mass is 19.4. The monoisotopic (exact) mass is 366 g/mol. The van der Waals surface area contributed by atoms with Gasteiger partial charge in [0.25, 0.3) is 11.8 Å². The summed E-state index contributed by atoms with van der Waals surface area (Å²) in [5.74, 6) is -1.18. The normalized spacial score (nSPS) is 11.1. The fourth-order valence-corrected chi connectivity index (χ4v) is 2.11. The van der Waals surface area contributed by atoms with E-state index in [9.17, 15) is 22.8 Å². The molecule has 0 aromatic heterocycles. The topological polar surface area (TPSA) is 67.4 Å². The lowest BCUT2D eigenvalue weighted by atomic mass is 10.1. The van der Waals surface area contributed by atoms with E-state index in [2.05, 4.69) is 5.32 Å². The number of methoxy groups -OCH3 is 1. The lowest BCUT2D eigenvalue weighted by Gasteiger charge is -2.09. The lowest BCUT2D eigenvalue weighted by Crippen LogP contribution is -2.33. The first-order valence-electron chi connectivity index (χ1n) is 7.63. The zero-order valence-electron chi connectivity index (χ0n) is 13.9. The van der Waals surface area contributed by atoms with Crippen molar-refractivity contribution in [2.75, 3.05) is 19.0 Å². The molecule has 138 valence electrons. The van der Waals surface area contributed by atoms with Crippen molar-refractivity contribution in [2.45, 2.75) is 12.8 Å². The maximum absolute atomic E-state index is 12.2. The van der Waals surface area contributed by atoms with Crippen LogP contribution in [-0.4, -0.2) is 31.6 Å². The molecule has 0 spiro atoms. The average Bonchev–Trinajstić information content (AvgIpc) is 2.60. The number of carbonyl (C=O) groups is 2. The third kappa shape index (κ3) is 5.89. The van der Waals surface area contributed by atoms with Gasteiger partial charge in [0.05, 0.1) is 6.61 Å². The van der Waals surface area contributed by atoms with Crippen LogP contribution in [0.25, 0.3) is 0 Å². The number of alkyl halides is 3. The van der Waals surface area contributed by atoms with Crippen LogP contribution < -0.4 is 10.6 Å². The minimum atomic E-state index is -4.47. The number of amides is 2. The molecule has 5 nitrogen and oxygen atoms in total. The molecule has 0 radical (unpaired) electrons. The number of nitrogens with one attached hydrogen (secondary N) is 2. The second-order valence-corrected chi connectivity index (χ2v) is 5.46. The van der Waals surface area contributed by atoms with Gasteiger partial charge in [0.1, 0.15) is 6.54 Å². The van der Waals surface area contributed by atoms with Crippen molar-refractivity contribution in [1.82, 2.24) is 5.32 Å². The standard InChI is InChI=1S/C18H17F3N2O3/c1-26-10-12-2-4-14(5-3-12)17(25)23-15-8-6-13(7-9-15)16(24)22-11-18(19,20)21/h2-9H,10-11H2,1H3,(H,22,24)(H,23,25). The van der Waals surface area contributed by atoms with Gasteiger partial charge in [-0.2, -0.15) is 13.2 Å². The predicted molar refractivity (Wildman–Crippen MR) is 89.9 cm³/mol. The van der Waals surface area contributed by atoms with E-state index in [1.54, 1.807) is 36.7 Å². The lowest BCUT2D eigenvalue weighted by molar-refractivity contribution is -0.123. The second-order valence-electron chi connectivity index (χ2n) is 5.46. The minimum Gasteiger partial charge on any atom is -0.380 e. The van der Waals surface area contributed by atoms with Gasteiger partial charge < -0.3 is 15.4 Å². The molecule has 0 aliphatic rings. The van der Waals surface area contributed by atoms with Crippen molar-refractivity contribution in [3.05, 3.63) is 65.2 Å². The van der Waals surface area contributed by atoms with Crippen LogP contribution in [-0.2, 0) is 11.3 Å². The van der Waals surface area contributed by atoms with Gasteiger partial charge in [-0.1, -0.05) is 12.1 Å². The third-order valence-electron chi connectivity index (χ3n) is 3.38. The Balaban J connectivity index is 1.95. The molecule has 0 unspecified atom stereocenters. The SMILES string of the molecule is COCc1ccc(C(=O)Nc2ccc(C(=O)NCC(F)(F)F)cc2)cc1. The van der Waals surface area contributed by atoms with E-state index in [0.717, 1.165) is 5.56 Å². The molecule has 2 aromatic rings. The van der Waals surface area contributed by atoms with Crippen LogP contribution in [0.1, 0.15) is 26.3 Å². The van der Waals surface area contributed by atoms with Crippen LogP contribution in [0, 0.1) is 0 Å². The minimum absolute atomic E-state index is 0.0659. The smallest absolute Gasteiger partial charge is 0.380 e. The maximum Gasteiger partial charge on any atom is 0.405 e. The van der Waals surface area contributed by atoms with E-state index in [4.69, 9.17) is 4.74 Å². The fourth-order valence-electron chi connectivity index (χ4n) is 2.11. The van der Waals surface area contributed by atoms with E-state index in [1.165, 1.54) is 24.3 Å². The van der Waals surface area contributed by atoms with Crippen LogP contribution in [0.2, 0.25) is 0 Å². The highest BCUT2D eigenvalue weighted by molar-refractivity contribution is 6.04. The van der Waals surface area contributed by atoms with Gasteiger partial charge in [0.15, 0.2) is 0 Å². The van der Waals surface area contributed by atoms with Crippen molar-refractivity contribution in [3.8, 4) is 0 Å². The summed E-state index contributed by atoms with van der Waals surface area (Å²) in [6.45, 7) is -0.955. The molecule has 0 aliphatic heterocycles. The first kappa shape index (κ1) is 19.5. The Morgan fingerprint density at radius 1 is 0.923 bits per heavy atom. The highest BCUT2D eigenvalue weighted by Gasteiger charge is 2.27. The van der Waals surface area contributed by atoms with Crippen LogP contribution in [0.3, 0.4) is 0 Å². The van der Waals surface area contributed by atoms with Crippen LogP contribution in [0.5, 0.6) is 0 Å². The number of rotatable bonds is 6. The number of ether oxygens (including phenoxy) is 1. The number of hydrogen-bond donors (Lipinski definition) is 2. The molecule has 0 bridgehead atoms. The van der Waals surface area contributed by atoms with Gasteiger partial charge in [0, 0.05) is 23.9 Å². The number of carbonyl (C=O) groups excluding carboxylic acids is 2. The van der Waals surface area contributed by atoms with Crippen molar-refractivity contribution >= 4 is 17.5 Å². The molecule has 26 heavy (non-hydrogen) atoms. The summed E-state index contributed by atoms with van der Waals surface area (Å²) in [6.07, 6.45) is -4.47. The van der Waals surface area contributed by atoms with E-state index in [0.29, 0.717) is 17.9 Å². The van der Waals surface area contributed by atoms with Gasteiger partial charge in [-0.25, -0.2) is 0 Å². The molecule has 2 amide bonds. The highest BCUT2D eigenvalue weighted by Crippen LogP contribution is 2.15. The van der Waals surface area contributed by atoms with Gasteiger partial charge in [-0.05, 0) is 42.0 Å². The zero-order valence-corrected chi connectivity index (χ0v) is 13.9. The van der Waals surface area contributed by atoms with Crippen molar-refractivity contribution in [1.29, 1.82) is 0 Å². The summed E-state index contributed by atoms with van der Waals surface area (Å²) in [5.41, 5.74) is 1.86. The molecule has 0 fully saturated rings. The Labute approximate surface area is 148 Å². The Hall–Kier alpha value is -2.87. The number of halogens is 3. The number of hydrogen-bond acceptors (Lipinski definition) is 3. The summed E-state index contributed by atoms with van der Waals surface area (Å²) < 4.78 is 41.3. The molecule has 0 aliphatic carbocycles. The molecule has 2 aromatic carbocycles. The second kappa shape index (κ2) is 8.48. The molecular weight excluding hydrogens is 349 g/mol. The summed E-state index contributed by atoms with van der Waals surface area (Å²) in [6, 6.07) is 12.4. The molecular formula is C18H17F3N2O3. The fraction of sp³-hybridized carbons (Fsp3) is 0.222. The summed E-state index contributed by atoms with van der Waals surface area (Å²) in [7, 11) is 1.58. The van der Waals surface area contributed by atoms with Gasteiger partial charge >= 0.3 is 6.18 Å². The predicted octanol–water partition coefficient (Wildman–Crippen LogP) is 3.38. The Morgan fingerprint density at radius 3 is 2.00 bits per heavy atom. The third-order valence-corrected chi connectivity index (χ3v) is 3.38. The molecule has 2 rings (SSSR count). The molecule has 0 saturated carbocycles. The summed E-state index contributed by atoms with van der Waals surface area (Å²) in [4.78, 5) is 23.8. The Bertz CT molecular complexity index is 757. The van der Waals surface area contributed by atoms with Crippen molar-refractivity contribution in [2.24, 2.45) is 0 Å². The van der Waals surface area contributed by atoms with E-state index in [-0.39, 0.29) is 11.5 Å². The van der Waals surface area contributed by atoms with Crippen LogP contribution in [0.4, 0.5) is 18.9 Å². The van der Waals surface area contributed by atoms with Gasteiger partial charge in [0.2, 0.25) is 0 Å². The van der Waals surface area contributed by atoms with Gasteiger partial charge in [-0.15, -0.1) is 0 Å². The van der Waals surface area contributed by atoms with Crippen molar-refractivity contribution < 1.29 is 27.5 Å². The van der Waals surface area contributed by atoms with Gasteiger partial charge in [-0.3, -0.25) is 9.59 Å². The molecule has 0 atom stereocenters. The zero-order chi connectivity index (χ0) is 19.2. The average molecular weight is 366 g/mol. The van der Waals surface area contributed by atoms with Crippen LogP contribution >= 0.6 is 0 Å². The Morgan fingerprint density at radius 2 is 1.46 bits per heavy atom. The van der Waals surface area contributed by atoms with E-state index < -0.39 is 18.6 Å². The Kier molecular flexibility index (Phi) is 6.35.